The summed E-state index contributed by atoms with van der Waals surface area (Å²) in [4.78, 5) is 21.6. The van der Waals surface area contributed by atoms with Gasteiger partial charge in [-0.3, -0.25) is 4.79 Å². The second-order valence-corrected chi connectivity index (χ2v) is 9.52. The second kappa shape index (κ2) is 11.4. The van der Waals surface area contributed by atoms with E-state index in [1.54, 1.807) is 12.1 Å². The van der Waals surface area contributed by atoms with Crippen molar-refractivity contribution in [1.29, 1.82) is 0 Å². The van der Waals surface area contributed by atoms with E-state index < -0.39 is 11.7 Å². The molecule has 1 aliphatic heterocycles. The van der Waals surface area contributed by atoms with Gasteiger partial charge in [0, 0.05) is 42.5 Å². The van der Waals surface area contributed by atoms with Crippen LogP contribution in [-0.4, -0.2) is 42.8 Å². The van der Waals surface area contributed by atoms with Crippen LogP contribution < -0.4 is 4.90 Å². The number of hydrogen-bond donors (Lipinski definition) is 0. The number of carbonyl (C=O) groups is 1. The zero-order chi connectivity index (χ0) is 24.9. The molecule has 0 aromatic heterocycles. The van der Waals surface area contributed by atoms with Gasteiger partial charge in [0.15, 0.2) is 0 Å². The minimum absolute atomic E-state index is 0.114. The monoisotopic (exact) mass is 495 g/mol. The first kappa shape index (κ1) is 26.3. The van der Waals surface area contributed by atoms with Crippen molar-refractivity contribution < 1.29 is 18.0 Å². The third-order valence-corrected chi connectivity index (χ3v) is 6.81. The number of likely N-dealkylation sites (tertiary alicyclic amines) is 1. The zero-order valence-corrected chi connectivity index (χ0v) is 20.8. The summed E-state index contributed by atoms with van der Waals surface area (Å²) >= 11 is 6.03. The third-order valence-electron chi connectivity index (χ3n) is 6.56. The summed E-state index contributed by atoms with van der Waals surface area (Å²) in [5.74, 6) is 1.11. The largest absolute Gasteiger partial charge is 0.417 e. The fourth-order valence-electron chi connectivity index (χ4n) is 4.12. The van der Waals surface area contributed by atoms with E-state index >= 15 is 0 Å². The molecule has 2 aliphatic rings. The van der Waals surface area contributed by atoms with E-state index in [4.69, 9.17) is 11.6 Å². The average molecular weight is 496 g/mol. The molecule has 1 aromatic rings. The lowest BCUT2D eigenvalue weighted by atomic mass is 9.94. The van der Waals surface area contributed by atoms with Crippen molar-refractivity contribution in [3.8, 4) is 0 Å². The van der Waals surface area contributed by atoms with Crippen LogP contribution in [0.3, 0.4) is 0 Å². The lowest BCUT2D eigenvalue weighted by Crippen LogP contribution is -2.43. The molecular formula is C26H33ClF3N3O. The highest BCUT2D eigenvalue weighted by molar-refractivity contribution is 6.30. The summed E-state index contributed by atoms with van der Waals surface area (Å²) in [6.07, 6.45) is 1.75. The van der Waals surface area contributed by atoms with Gasteiger partial charge in [-0.05, 0) is 81.7 Å². The summed E-state index contributed by atoms with van der Waals surface area (Å²) in [6, 6.07) is 7.37. The Morgan fingerprint density at radius 1 is 1.18 bits per heavy atom. The van der Waals surface area contributed by atoms with E-state index in [1.165, 1.54) is 6.92 Å². The molecule has 4 nitrogen and oxygen atoms in total. The van der Waals surface area contributed by atoms with E-state index in [-0.39, 0.29) is 11.8 Å². The van der Waals surface area contributed by atoms with E-state index in [2.05, 4.69) is 4.99 Å². The van der Waals surface area contributed by atoms with Gasteiger partial charge in [0.2, 0.25) is 5.91 Å². The van der Waals surface area contributed by atoms with Crippen molar-refractivity contribution in [2.24, 2.45) is 16.8 Å². The Kier molecular flexibility index (Phi) is 8.85. The van der Waals surface area contributed by atoms with Crippen LogP contribution in [0.1, 0.15) is 52.9 Å². The fraction of sp³-hybridized carbons (Fsp3) is 0.538. The van der Waals surface area contributed by atoms with Gasteiger partial charge in [0.25, 0.3) is 0 Å². The van der Waals surface area contributed by atoms with Gasteiger partial charge in [-0.15, -0.1) is 0 Å². The molecule has 1 aliphatic carbocycles. The number of piperidine rings is 1. The van der Waals surface area contributed by atoms with Crippen molar-refractivity contribution in [2.75, 3.05) is 24.5 Å². The third kappa shape index (κ3) is 6.87. The molecule has 0 radical (unpaired) electrons. The Labute approximate surface area is 205 Å². The summed E-state index contributed by atoms with van der Waals surface area (Å²) in [6.45, 7) is 7.09. The summed E-state index contributed by atoms with van der Waals surface area (Å²) in [7, 11) is 0. The van der Waals surface area contributed by atoms with Crippen LogP contribution >= 0.6 is 11.6 Å². The standard InChI is InChI=1S/C26H33ClF3N3O/c1-4-18(3)24(31-16-21(5-2)26(28,29)30)32-14-12-20(13-15-32)25(34)33(17-19-6-7-19)23-10-8-22(27)9-11-23/h5,8-11,16,19-20H,4,6-7,12-15,17H2,1-3H3/b21-5+,24-18-,31-16-. The summed E-state index contributed by atoms with van der Waals surface area (Å²) in [5.41, 5.74) is 1.02. The van der Waals surface area contributed by atoms with Crippen LogP contribution in [0.5, 0.6) is 0 Å². The van der Waals surface area contributed by atoms with E-state index in [0.717, 1.165) is 36.4 Å². The minimum atomic E-state index is -4.43. The molecular weight excluding hydrogens is 463 g/mol. The van der Waals surface area contributed by atoms with Crippen molar-refractivity contribution in [3.05, 3.63) is 52.3 Å². The Bertz CT molecular complexity index is 941. The number of aliphatic imine (C=N–C) groups is 1. The first-order valence-electron chi connectivity index (χ1n) is 11.9. The zero-order valence-electron chi connectivity index (χ0n) is 20.0. The van der Waals surface area contributed by atoms with Crippen LogP contribution in [0.25, 0.3) is 0 Å². The predicted molar refractivity (Wildman–Crippen MR) is 132 cm³/mol. The number of amides is 1. The molecule has 0 atom stereocenters. The van der Waals surface area contributed by atoms with Crippen LogP contribution in [-0.2, 0) is 4.79 Å². The van der Waals surface area contributed by atoms with Crippen LogP contribution in [0.15, 0.2) is 52.3 Å². The highest BCUT2D eigenvalue weighted by Gasteiger charge is 2.34. The number of hydrogen-bond acceptors (Lipinski definition) is 3. The number of rotatable bonds is 8. The normalized spacial score (nSPS) is 18.9. The van der Waals surface area contributed by atoms with Gasteiger partial charge >= 0.3 is 6.18 Å². The molecule has 1 saturated heterocycles. The number of benzene rings is 1. The van der Waals surface area contributed by atoms with Crippen molar-refractivity contribution in [2.45, 2.75) is 59.1 Å². The molecule has 1 amide bonds. The van der Waals surface area contributed by atoms with Crippen molar-refractivity contribution >= 4 is 29.4 Å². The fourth-order valence-corrected chi connectivity index (χ4v) is 4.25. The molecule has 8 heteroatoms. The van der Waals surface area contributed by atoms with Gasteiger partial charge in [-0.25, -0.2) is 4.99 Å². The lowest BCUT2D eigenvalue weighted by Gasteiger charge is -2.36. The lowest BCUT2D eigenvalue weighted by molar-refractivity contribution is -0.123. The number of allylic oxidation sites excluding steroid dienone is 3. The molecule has 0 spiro atoms. The molecule has 3 rings (SSSR count). The first-order valence-corrected chi connectivity index (χ1v) is 12.3. The van der Waals surface area contributed by atoms with Gasteiger partial charge in [0.1, 0.15) is 5.82 Å². The Morgan fingerprint density at radius 2 is 1.79 bits per heavy atom. The number of nitrogens with zero attached hydrogens (tertiary/aromatic N) is 3. The highest BCUT2D eigenvalue weighted by atomic mass is 35.5. The maximum absolute atomic E-state index is 13.5. The quantitative estimate of drug-likeness (QED) is 0.363. The van der Waals surface area contributed by atoms with Crippen molar-refractivity contribution in [3.63, 3.8) is 0 Å². The Hall–Kier alpha value is -2.28. The number of anilines is 1. The Morgan fingerprint density at radius 3 is 2.29 bits per heavy atom. The average Bonchev–Trinajstić information content (AvgIpc) is 3.64. The first-order chi connectivity index (χ1) is 16.1. The van der Waals surface area contributed by atoms with Gasteiger partial charge in [-0.2, -0.15) is 13.2 Å². The van der Waals surface area contributed by atoms with Crippen LogP contribution in [0, 0.1) is 11.8 Å². The van der Waals surface area contributed by atoms with Crippen LogP contribution in [0.2, 0.25) is 5.02 Å². The Balaban J connectivity index is 1.71. The molecule has 186 valence electrons. The minimum Gasteiger partial charge on any atom is -0.357 e. The smallest absolute Gasteiger partial charge is 0.357 e. The highest BCUT2D eigenvalue weighted by Crippen LogP contribution is 2.34. The van der Waals surface area contributed by atoms with Gasteiger partial charge < -0.3 is 9.80 Å². The molecule has 1 aromatic carbocycles. The van der Waals surface area contributed by atoms with E-state index in [0.29, 0.717) is 55.7 Å². The molecule has 1 heterocycles. The van der Waals surface area contributed by atoms with Crippen molar-refractivity contribution in [1.82, 2.24) is 4.90 Å². The summed E-state index contributed by atoms with van der Waals surface area (Å²) < 4.78 is 39.4. The molecule has 0 bridgehead atoms. The molecule has 34 heavy (non-hydrogen) atoms. The predicted octanol–water partition coefficient (Wildman–Crippen LogP) is 7.02. The van der Waals surface area contributed by atoms with E-state index in [1.807, 2.05) is 35.8 Å². The number of carbonyl (C=O) groups excluding carboxylic acids is 1. The van der Waals surface area contributed by atoms with Crippen LogP contribution in [0.4, 0.5) is 18.9 Å². The molecule has 1 saturated carbocycles. The maximum Gasteiger partial charge on any atom is 0.417 e. The topological polar surface area (TPSA) is 35.9 Å². The number of alkyl halides is 3. The number of halogens is 4. The van der Waals surface area contributed by atoms with E-state index in [9.17, 15) is 18.0 Å². The molecule has 0 unspecified atom stereocenters. The summed E-state index contributed by atoms with van der Waals surface area (Å²) in [5, 5.41) is 0.633. The molecule has 0 N–H and O–H groups in total. The van der Waals surface area contributed by atoms with Gasteiger partial charge in [0.05, 0.1) is 5.57 Å². The SMILES string of the molecule is C\C=C(/C=N\C(=C(/C)CC)N1CCC(C(=O)N(CC2CC2)c2ccc(Cl)cc2)CC1)C(F)(F)F. The molecule has 2 fully saturated rings. The second-order valence-electron chi connectivity index (χ2n) is 9.09. The maximum atomic E-state index is 13.5. The van der Waals surface area contributed by atoms with Gasteiger partial charge in [-0.1, -0.05) is 24.6 Å².